The molecule has 6 nitrogen and oxygen atoms in total. The van der Waals surface area contributed by atoms with Crippen molar-refractivity contribution in [2.24, 2.45) is 0 Å². The summed E-state index contributed by atoms with van der Waals surface area (Å²) >= 11 is 0. The molecule has 27 heavy (non-hydrogen) atoms. The molecule has 0 unspecified atom stereocenters. The van der Waals surface area contributed by atoms with E-state index in [1.807, 2.05) is 19.9 Å². The molecule has 2 aromatic rings. The molecular weight excluding hydrogens is 344 g/mol. The molecule has 0 bridgehead atoms. The number of ether oxygens (including phenoxy) is 2. The second kappa shape index (κ2) is 10.9. The maximum Gasteiger partial charge on any atom is 0.251 e. The maximum absolute atomic E-state index is 12.3. The fourth-order valence-corrected chi connectivity index (χ4v) is 2.39. The van der Waals surface area contributed by atoms with Gasteiger partial charge in [0.05, 0.1) is 13.2 Å². The third-order valence-electron chi connectivity index (χ3n) is 3.70. The summed E-state index contributed by atoms with van der Waals surface area (Å²) < 4.78 is 11.2. The zero-order valence-corrected chi connectivity index (χ0v) is 15.8. The van der Waals surface area contributed by atoms with Gasteiger partial charge in [-0.2, -0.15) is 0 Å². The number of carbonyl (C=O) groups is 2. The molecule has 0 fully saturated rings. The van der Waals surface area contributed by atoms with Gasteiger partial charge in [-0.3, -0.25) is 9.59 Å². The molecule has 2 rings (SSSR count). The predicted molar refractivity (Wildman–Crippen MR) is 105 cm³/mol. The Hall–Kier alpha value is -3.02. The average molecular weight is 370 g/mol. The highest BCUT2D eigenvalue weighted by atomic mass is 16.5. The number of amides is 2. The molecule has 2 aromatic carbocycles. The van der Waals surface area contributed by atoms with Crippen LogP contribution in [0.25, 0.3) is 0 Å². The Bertz CT molecular complexity index is 747. The Balaban J connectivity index is 1.86. The van der Waals surface area contributed by atoms with Gasteiger partial charge in [-0.1, -0.05) is 25.1 Å². The summed E-state index contributed by atoms with van der Waals surface area (Å²) in [4.78, 5) is 24.3. The molecular formula is C21H26N2O4. The molecule has 144 valence electrons. The normalized spacial score (nSPS) is 10.1. The summed E-state index contributed by atoms with van der Waals surface area (Å²) in [7, 11) is 0. The Morgan fingerprint density at radius 3 is 2.11 bits per heavy atom. The van der Waals surface area contributed by atoms with Gasteiger partial charge in [0.1, 0.15) is 0 Å². The van der Waals surface area contributed by atoms with Crippen LogP contribution in [0.1, 0.15) is 41.0 Å². The third-order valence-corrected chi connectivity index (χ3v) is 3.70. The van der Waals surface area contributed by atoms with Crippen molar-refractivity contribution in [3.63, 3.8) is 0 Å². The standard InChI is InChI=1S/C21H26N2O4/c1-3-14-27-18-11-10-17(15-19(18)26-4-2)21(25)23-13-12-22-20(24)16-8-6-5-7-9-16/h5-11,15H,3-4,12-14H2,1-2H3,(H,22,24)(H,23,25). The van der Waals surface area contributed by atoms with Crippen molar-refractivity contribution < 1.29 is 19.1 Å². The van der Waals surface area contributed by atoms with Crippen molar-refractivity contribution in [1.29, 1.82) is 0 Å². The molecule has 0 saturated heterocycles. The summed E-state index contributed by atoms with van der Waals surface area (Å²) in [6, 6.07) is 14.1. The number of rotatable bonds is 10. The van der Waals surface area contributed by atoms with Crippen LogP contribution < -0.4 is 20.1 Å². The van der Waals surface area contributed by atoms with E-state index in [1.54, 1.807) is 42.5 Å². The Kier molecular flexibility index (Phi) is 8.16. The molecule has 0 radical (unpaired) electrons. The third kappa shape index (κ3) is 6.33. The second-order valence-electron chi connectivity index (χ2n) is 5.82. The monoisotopic (exact) mass is 370 g/mol. The van der Waals surface area contributed by atoms with E-state index in [9.17, 15) is 9.59 Å². The molecule has 0 heterocycles. The van der Waals surface area contributed by atoms with Crippen LogP contribution in [0.5, 0.6) is 11.5 Å². The lowest BCUT2D eigenvalue weighted by atomic mass is 10.2. The van der Waals surface area contributed by atoms with Gasteiger partial charge in [0, 0.05) is 24.2 Å². The zero-order valence-electron chi connectivity index (χ0n) is 15.8. The first-order valence-corrected chi connectivity index (χ1v) is 9.16. The zero-order chi connectivity index (χ0) is 19.5. The minimum Gasteiger partial charge on any atom is -0.490 e. The minimum absolute atomic E-state index is 0.166. The Morgan fingerprint density at radius 1 is 0.815 bits per heavy atom. The predicted octanol–water partition coefficient (Wildman–Crippen LogP) is 3.03. The maximum atomic E-state index is 12.3. The first kappa shape index (κ1) is 20.3. The molecule has 0 aliphatic carbocycles. The van der Waals surface area contributed by atoms with E-state index in [2.05, 4.69) is 10.6 Å². The van der Waals surface area contributed by atoms with Crippen LogP contribution in [0.4, 0.5) is 0 Å². The van der Waals surface area contributed by atoms with Crippen LogP contribution in [0.15, 0.2) is 48.5 Å². The summed E-state index contributed by atoms with van der Waals surface area (Å²) in [5.41, 5.74) is 1.07. The van der Waals surface area contributed by atoms with Crippen LogP contribution in [0, 0.1) is 0 Å². The van der Waals surface area contributed by atoms with E-state index >= 15 is 0 Å². The number of carbonyl (C=O) groups excluding carboxylic acids is 2. The number of hydrogen-bond donors (Lipinski definition) is 2. The van der Waals surface area contributed by atoms with Crippen LogP contribution in [0.2, 0.25) is 0 Å². The molecule has 0 spiro atoms. The van der Waals surface area contributed by atoms with E-state index in [0.29, 0.717) is 48.9 Å². The summed E-state index contributed by atoms with van der Waals surface area (Å²) in [6.07, 6.45) is 0.891. The fraction of sp³-hybridized carbons (Fsp3) is 0.333. The molecule has 0 aromatic heterocycles. The van der Waals surface area contributed by atoms with Gasteiger partial charge in [0.25, 0.3) is 11.8 Å². The van der Waals surface area contributed by atoms with Crippen LogP contribution in [0.3, 0.4) is 0 Å². The number of nitrogens with one attached hydrogen (secondary N) is 2. The summed E-state index contributed by atoms with van der Waals surface area (Å²) in [5, 5.41) is 5.56. The van der Waals surface area contributed by atoms with Gasteiger partial charge >= 0.3 is 0 Å². The van der Waals surface area contributed by atoms with Gasteiger partial charge in [-0.25, -0.2) is 0 Å². The largest absolute Gasteiger partial charge is 0.490 e. The Labute approximate surface area is 159 Å². The van der Waals surface area contributed by atoms with Crippen molar-refractivity contribution in [2.45, 2.75) is 20.3 Å². The number of hydrogen-bond acceptors (Lipinski definition) is 4. The first-order chi connectivity index (χ1) is 13.2. The van der Waals surface area contributed by atoms with Gasteiger partial charge < -0.3 is 20.1 Å². The first-order valence-electron chi connectivity index (χ1n) is 9.16. The molecule has 0 aliphatic heterocycles. The highest BCUT2D eigenvalue weighted by Gasteiger charge is 2.11. The van der Waals surface area contributed by atoms with Crippen LogP contribution >= 0.6 is 0 Å². The molecule has 2 amide bonds. The highest BCUT2D eigenvalue weighted by Crippen LogP contribution is 2.28. The van der Waals surface area contributed by atoms with Crippen LogP contribution in [-0.4, -0.2) is 38.1 Å². The van der Waals surface area contributed by atoms with Gasteiger partial charge in [-0.15, -0.1) is 0 Å². The smallest absolute Gasteiger partial charge is 0.251 e. The van der Waals surface area contributed by atoms with Crippen molar-refractivity contribution in [3.05, 3.63) is 59.7 Å². The van der Waals surface area contributed by atoms with Gasteiger partial charge in [-0.05, 0) is 43.7 Å². The molecule has 0 atom stereocenters. The number of benzene rings is 2. The van der Waals surface area contributed by atoms with Crippen molar-refractivity contribution in [2.75, 3.05) is 26.3 Å². The topological polar surface area (TPSA) is 76.7 Å². The molecule has 0 saturated carbocycles. The van der Waals surface area contributed by atoms with Crippen LogP contribution in [-0.2, 0) is 0 Å². The molecule has 0 aliphatic rings. The lowest BCUT2D eigenvalue weighted by Crippen LogP contribution is -2.34. The van der Waals surface area contributed by atoms with Gasteiger partial charge in [0.15, 0.2) is 11.5 Å². The SMILES string of the molecule is CCCOc1ccc(C(=O)NCCNC(=O)c2ccccc2)cc1OCC. The average Bonchev–Trinajstić information content (AvgIpc) is 2.70. The van der Waals surface area contributed by atoms with Crippen molar-refractivity contribution >= 4 is 11.8 Å². The molecule has 6 heteroatoms. The van der Waals surface area contributed by atoms with Crippen molar-refractivity contribution in [3.8, 4) is 11.5 Å². The fourth-order valence-electron chi connectivity index (χ4n) is 2.39. The lowest BCUT2D eigenvalue weighted by Gasteiger charge is -2.13. The quantitative estimate of drug-likeness (QED) is 0.630. The lowest BCUT2D eigenvalue weighted by molar-refractivity contribution is 0.0927. The van der Waals surface area contributed by atoms with E-state index in [1.165, 1.54) is 0 Å². The second-order valence-corrected chi connectivity index (χ2v) is 5.82. The summed E-state index contributed by atoms with van der Waals surface area (Å²) in [6.45, 7) is 5.65. The van der Waals surface area contributed by atoms with E-state index in [0.717, 1.165) is 6.42 Å². The van der Waals surface area contributed by atoms with E-state index in [-0.39, 0.29) is 11.8 Å². The minimum atomic E-state index is -0.230. The van der Waals surface area contributed by atoms with E-state index in [4.69, 9.17) is 9.47 Å². The Morgan fingerprint density at radius 2 is 1.48 bits per heavy atom. The highest BCUT2D eigenvalue weighted by molar-refractivity contribution is 5.95. The summed E-state index contributed by atoms with van der Waals surface area (Å²) in [5.74, 6) is 0.786. The van der Waals surface area contributed by atoms with Gasteiger partial charge in [0.2, 0.25) is 0 Å². The molecule has 2 N–H and O–H groups in total. The van der Waals surface area contributed by atoms with E-state index < -0.39 is 0 Å². The van der Waals surface area contributed by atoms with Crippen molar-refractivity contribution in [1.82, 2.24) is 10.6 Å².